The molecule has 1 saturated heterocycles. The zero-order valence-corrected chi connectivity index (χ0v) is 18.7. The summed E-state index contributed by atoms with van der Waals surface area (Å²) in [4.78, 5) is 46.4. The van der Waals surface area contributed by atoms with Gasteiger partial charge < -0.3 is 9.80 Å². The number of aryl methyl sites for hydroxylation is 1. The zero-order valence-electron chi connectivity index (χ0n) is 18.7. The van der Waals surface area contributed by atoms with Crippen LogP contribution in [-0.4, -0.2) is 55.7 Å². The molecule has 2 aromatic heterocycles. The van der Waals surface area contributed by atoms with Crippen molar-refractivity contribution >= 4 is 23.0 Å². The van der Waals surface area contributed by atoms with E-state index in [-0.39, 0.29) is 17.6 Å². The predicted molar refractivity (Wildman–Crippen MR) is 119 cm³/mol. The van der Waals surface area contributed by atoms with E-state index in [2.05, 4.69) is 4.98 Å². The van der Waals surface area contributed by atoms with E-state index in [9.17, 15) is 18.8 Å². The molecular formula is C22H27FN6O3. The predicted octanol–water partition coefficient (Wildman–Crippen LogP) is 0.926. The largest absolute Gasteiger partial charge is 0.339 e. The van der Waals surface area contributed by atoms with Gasteiger partial charge >= 0.3 is 5.69 Å². The molecule has 0 N–H and O–H groups in total. The first-order valence-corrected chi connectivity index (χ1v) is 10.6. The minimum Gasteiger partial charge on any atom is -0.339 e. The van der Waals surface area contributed by atoms with Crippen molar-refractivity contribution in [2.24, 2.45) is 20.0 Å². The Kier molecular flexibility index (Phi) is 5.62. The molecule has 9 nitrogen and oxygen atoms in total. The number of piperazine rings is 1. The molecule has 10 heteroatoms. The van der Waals surface area contributed by atoms with Gasteiger partial charge in [0.2, 0.25) is 11.9 Å². The highest BCUT2D eigenvalue weighted by Crippen LogP contribution is 2.23. The summed E-state index contributed by atoms with van der Waals surface area (Å²) in [7, 11) is 3.03. The van der Waals surface area contributed by atoms with E-state index >= 15 is 0 Å². The van der Waals surface area contributed by atoms with Crippen molar-refractivity contribution in [1.29, 1.82) is 0 Å². The number of aromatic nitrogens is 4. The van der Waals surface area contributed by atoms with Crippen molar-refractivity contribution in [1.82, 2.24) is 23.6 Å². The monoisotopic (exact) mass is 442 g/mol. The number of nitrogens with zero attached hydrogens (tertiary/aromatic N) is 6. The Hall–Kier alpha value is -3.43. The number of benzene rings is 1. The van der Waals surface area contributed by atoms with Crippen LogP contribution in [0.3, 0.4) is 0 Å². The second-order valence-electron chi connectivity index (χ2n) is 8.47. The number of hydrogen-bond donors (Lipinski definition) is 0. The number of carbonyl (C=O) groups excluding carboxylic acids is 1. The third-order valence-electron chi connectivity index (χ3n) is 5.95. The molecule has 0 radical (unpaired) electrons. The quantitative estimate of drug-likeness (QED) is 0.600. The van der Waals surface area contributed by atoms with Crippen LogP contribution in [0.1, 0.15) is 19.4 Å². The lowest BCUT2D eigenvalue weighted by Crippen LogP contribution is -2.50. The normalized spacial score (nSPS) is 14.6. The molecule has 0 aliphatic carbocycles. The van der Waals surface area contributed by atoms with Crippen molar-refractivity contribution in [2.75, 3.05) is 31.1 Å². The number of hydrogen-bond acceptors (Lipinski definition) is 5. The minimum absolute atomic E-state index is 0.0675. The van der Waals surface area contributed by atoms with Crippen LogP contribution in [0.2, 0.25) is 0 Å². The molecule has 3 aromatic rings. The lowest BCUT2D eigenvalue weighted by atomic mass is 10.1. The average Bonchev–Trinajstić information content (AvgIpc) is 3.16. The van der Waals surface area contributed by atoms with Gasteiger partial charge in [0, 0.05) is 46.2 Å². The van der Waals surface area contributed by atoms with Gasteiger partial charge in [0.25, 0.3) is 5.56 Å². The van der Waals surface area contributed by atoms with Crippen molar-refractivity contribution < 1.29 is 9.18 Å². The summed E-state index contributed by atoms with van der Waals surface area (Å²) in [6.45, 7) is 6.27. The number of anilines is 1. The highest BCUT2D eigenvalue weighted by Gasteiger charge is 2.28. The maximum atomic E-state index is 13.4. The van der Waals surface area contributed by atoms with Crippen molar-refractivity contribution in [3.05, 3.63) is 56.5 Å². The first kappa shape index (κ1) is 21.8. The Balaban J connectivity index is 1.80. The first-order chi connectivity index (χ1) is 15.2. The van der Waals surface area contributed by atoms with Gasteiger partial charge in [-0.25, -0.2) is 9.18 Å². The summed E-state index contributed by atoms with van der Waals surface area (Å²) in [5.74, 6) is 0.260. The summed E-state index contributed by atoms with van der Waals surface area (Å²) < 4.78 is 17.6. The molecule has 32 heavy (non-hydrogen) atoms. The van der Waals surface area contributed by atoms with Gasteiger partial charge in [-0.2, -0.15) is 4.98 Å². The SMILES string of the molecule is CC(C)C(=O)N1CCN(c2nc3c(c(=O)n(C)c(=O)n3C)n2Cc2ccc(F)cc2)CC1. The van der Waals surface area contributed by atoms with Gasteiger partial charge in [0.1, 0.15) is 5.82 Å². The van der Waals surface area contributed by atoms with E-state index in [0.29, 0.717) is 49.8 Å². The summed E-state index contributed by atoms with van der Waals surface area (Å²) in [6, 6.07) is 6.07. The lowest BCUT2D eigenvalue weighted by Gasteiger charge is -2.36. The Morgan fingerprint density at radius 1 is 1.03 bits per heavy atom. The summed E-state index contributed by atoms with van der Waals surface area (Å²) >= 11 is 0. The van der Waals surface area contributed by atoms with Gasteiger partial charge in [0.15, 0.2) is 11.2 Å². The molecule has 0 bridgehead atoms. The topological polar surface area (TPSA) is 85.4 Å². The maximum absolute atomic E-state index is 13.4. The van der Waals surface area contributed by atoms with Crippen LogP contribution in [0.5, 0.6) is 0 Å². The van der Waals surface area contributed by atoms with Crippen LogP contribution < -0.4 is 16.1 Å². The Labute approximate surface area is 184 Å². The fraction of sp³-hybridized carbons (Fsp3) is 0.455. The van der Waals surface area contributed by atoms with Crippen LogP contribution in [0.4, 0.5) is 10.3 Å². The molecule has 3 heterocycles. The van der Waals surface area contributed by atoms with Crippen molar-refractivity contribution in [3.63, 3.8) is 0 Å². The molecule has 0 unspecified atom stereocenters. The molecule has 4 rings (SSSR count). The number of fused-ring (bicyclic) bond motifs is 1. The van der Waals surface area contributed by atoms with Crippen LogP contribution in [0, 0.1) is 11.7 Å². The standard InChI is InChI=1S/C22H27FN6O3/c1-14(2)19(30)27-9-11-28(12-10-27)21-24-18-17(20(31)26(4)22(32)25(18)3)29(21)13-15-5-7-16(23)8-6-15/h5-8,14H,9-13H2,1-4H3. The minimum atomic E-state index is -0.451. The zero-order chi connectivity index (χ0) is 23.2. The van der Waals surface area contributed by atoms with E-state index in [0.717, 1.165) is 10.1 Å². The van der Waals surface area contributed by atoms with E-state index in [4.69, 9.17) is 0 Å². The van der Waals surface area contributed by atoms with Crippen molar-refractivity contribution in [3.8, 4) is 0 Å². The molecule has 0 atom stereocenters. The van der Waals surface area contributed by atoms with E-state index in [1.807, 2.05) is 23.6 Å². The Bertz CT molecular complexity index is 1280. The fourth-order valence-electron chi connectivity index (χ4n) is 4.09. The van der Waals surface area contributed by atoms with Crippen LogP contribution in [0.25, 0.3) is 11.2 Å². The summed E-state index contributed by atoms with van der Waals surface area (Å²) in [6.07, 6.45) is 0. The molecule has 1 amide bonds. The Morgan fingerprint density at radius 3 is 2.25 bits per heavy atom. The molecule has 0 spiro atoms. The number of imidazole rings is 1. The molecule has 0 saturated carbocycles. The van der Waals surface area contributed by atoms with Gasteiger partial charge in [-0.05, 0) is 17.7 Å². The highest BCUT2D eigenvalue weighted by molar-refractivity contribution is 5.78. The van der Waals surface area contributed by atoms with Crippen molar-refractivity contribution in [2.45, 2.75) is 20.4 Å². The smallest absolute Gasteiger partial charge is 0.332 e. The van der Waals surface area contributed by atoms with Gasteiger partial charge in [0.05, 0.1) is 6.54 Å². The van der Waals surface area contributed by atoms with E-state index in [1.165, 1.54) is 23.7 Å². The third kappa shape index (κ3) is 3.69. The number of halogens is 1. The Morgan fingerprint density at radius 2 is 1.66 bits per heavy atom. The van der Waals surface area contributed by atoms with E-state index < -0.39 is 11.2 Å². The maximum Gasteiger partial charge on any atom is 0.332 e. The molecule has 1 aromatic carbocycles. The second-order valence-corrected chi connectivity index (χ2v) is 8.47. The van der Waals surface area contributed by atoms with Gasteiger partial charge in [-0.1, -0.05) is 26.0 Å². The lowest BCUT2D eigenvalue weighted by molar-refractivity contribution is -0.134. The van der Waals surface area contributed by atoms with Gasteiger partial charge in [-0.15, -0.1) is 0 Å². The number of amides is 1. The molecule has 170 valence electrons. The molecular weight excluding hydrogens is 415 g/mol. The average molecular weight is 442 g/mol. The third-order valence-corrected chi connectivity index (χ3v) is 5.95. The van der Waals surface area contributed by atoms with Gasteiger partial charge in [-0.3, -0.25) is 23.3 Å². The molecule has 1 fully saturated rings. The number of carbonyl (C=O) groups is 1. The molecule has 1 aliphatic rings. The number of rotatable bonds is 4. The van der Waals surface area contributed by atoms with Crippen LogP contribution >= 0.6 is 0 Å². The summed E-state index contributed by atoms with van der Waals surface area (Å²) in [5, 5.41) is 0. The van der Waals surface area contributed by atoms with E-state index in [1.54, 1.807) is 23.7 Å². The van der Waals surface area contributed by atoms with Crippen LogP contribution in [0.15, 0.2) is 33.9 Å². The highest BCUT2D eigenvalue weighted by atomic mass is 19.1. The second kappa shape index (κ2) is 8.25. The van der Waals surface area contributed by atoms with Crippen LogP contribution in [-0.2, 0) is 25.4 Å². The first-order valence-electron chi connectivity index (χ1n) is 10.6. The summed E-state index contributed by atoms with van der Waals surface area (Å²) in [5.41, 5.74) is 0.535. The fourth-order valence-corrected chi connectivity index (χ4v) is 4.09. The molecule has 1 aliphatic heterocycles.